The van der Waals surface area contributed by atoms with Gasteiger partial charge in [0.2, 0.25) is 0 Å². The fourth-order valence-electron chi connectivity index (χ4n) is 2.26. The molecule has 0 fully saturated rings. The van der Waals surface area contributed by atoms with Gasteiger partial charge in [-0.25, -0.2) is 9.59 Å². The van der Waals surface area contributed by atoms with Gasteiger partial charge in [0, 0.05) is 6.20 Å². The van der Waals surface area contributed by atoms with Crippen LogP contribution in [0.15, 0.2) is 24.4 Å². The molecule has 0 spiro atoms. The third-order valence-electron chi connectivity index (χ3n) is 3.47. The maximum atomic E-state index is 12.4. The van der Waals surface area contributed by atoms with Crippen molar-refractivity contribution in [1.29, 1.82) is 0 Å². The Kier molecular flexibility index (Phi) is 7.68. The van der Waals surface area contributed by atoms with Crippen molar-refractivity contribution in [2.75, 3.05) is 18.5 Å². The van der Waals surface area contributed by atoms with E-state index in [1.807, 2.05) is 18.2 Å². The molecule has 9 heteroatoms. The average molecular weight is 408 g/mol. The number of nitrogens with one attached hydrogen (secondary N) is 2. The Morgan fingerprint density at radius 2 is 1.89 bits per heavy atom. The van der Waals surface area contributed by atoms with E-state index in [4.69, 9.17) is 21.7 Å². The molecule has 2 aromatic rings. The topological polar surface area (TPSA) is 89.5 Å². The smallest absolute Gasteiger partial charge is 0.348 e. The van der Waals surface area contributed by atoms with E-state index in [9.17, 15) is 9.59 Å². The van der Waals surface area contributed by atoms with Crippen molar-refractivity contribution in [2.24, 2.45) is 0 Å². The summed E-state index contributed by atoms with van der Waals surface area (Å²) in [6.07, 6.45) is 1.70. The Balaban J connectivity index is 2.20. The van der Waals surface area contributed by atoms with Gasteiger partial charge in [-0.2, -0.15) is 0 Å². The third kappa shape index (κ3) is 5.48. The van der Waals surface area contributed by atoms with Crippen LogP contribution in [-0.2, 0) is 16.0 Å². The molecule has 0 amide bonds. The summed E-state index contributed by atoms with van der Waals surface area (Å²) in [5, 5.41) is 6.75. The number of thiophene rings is 1. The lowest BCUT2D eigenvalue weighted by atomic mass is 10.1. The summed E-state index contributed by atoms with van der Waals surface area (Å²) in [4.78, 5) is 29.1. The van der Waals surface area contributed by atoms with E-state index in [-0.39, 0.29) is 18.8 Å². The normalized spacial score (nSPS) is 10.2. The molecule has 0 radical (unpaired) electrons. The van der Waals surface area contributed by atoms with Crippen LogP contribution in [-0.4, -0.2) is 35.2 Å². The number of hydrogen-bond acceptors (Lipinski definition) is 7. The highest BCUT2D eigenvalue weighted by Crippen LogP contribution is 2.34. The van der Waals surface area contributed by atoms with Gasteiger partial charge in [0.15, 0.2) is 5.11 Å². The summed E-state index contributed by atoms with van der Waals surface area (Å²) in [5.41, 5.74) is 1.61. The molecule has 0 saturated carbocycles. The highest BCUT2D eigenvalue weighted by atomic mass is 32.1. The number of aromatic nitrogens is 1. The first-order chi connectivity index (χ1) is 13.0. The van der Waals surface area contributed by atoms with Gasteiger partial charge in [-0.05, 0) is 50.7 Å². The zero-order valence-electron chi connectivity index (χ0n) is 15.3. The first-order valence-corrected chi connectivity index (χ1v) is 9.62. The van der Waals surface area contributed by atoms with Gasteiger partial charge in [-0.15, -0.1) is 11.3 Å². The van der Waals surface area contributed by atoms with Gasteiger partial charge >= 0.3 is 11.9 Å². The number of esters is 2. The predicted octanol–water partition coefficient (Wildman–Crippen LogP) is 3.29. The zero-order chi connectivity index (χ0) is 19.8. The molecule has 0 aromatic carbocycles. The van der Waals surface area contributed by atoms with Gasteiger partial charge in [-0.1, -0.05) is 6.07 Å². The van der Waals surface area contributed by atoms with E-state index in [1.165, 1.54) is 0 Å². The van der Waals surface area contributed by atoms with Gasteiger partial charge in [0.05, 0.1) is 31.0 Å². The van der Waals surface area contributed by atoms with E-state index in [0.717, 1.165) is 17.0 Å². The summed E-state index contributed by atoms with van der Waals surface area (Å²) >= 11 is 6.41. The van der Waals surface area contributed by atoms with Crippen molar-refractivity contribution in [3.63, 3.8) is 0 Å². The first-order valence-electron chi connectivity index (χ1n) is 8.40. The van der Waals surface area contributed by atoms with Crippen LogP contribution in [0.4, 0.5) is 5.00 Å². The average Bonchev–Trinajstić information content (AvgIpc) is 2.97. The summed E-state index contributed by atoms with van der Waals surface area (Å²) in [5.74, 6) is -0.997. The number of rotatable bonds is 7. The summed E-state index contributed by atoms with van der Waals surface area (Å²) in [6.45, 7) is 6.03. The lowest BCUT2D eigenvalue weighted by Gasteiger charge is -2.10. The van der Waals surface area contributed by atoms with Gasteiger partial charge < -0.3 is 20.1 Å². The second-order valence-corrected chi connectivity index (χ2v) is 6.76. The first kappa shape index (κ1) is 20.8. The number of hydrogen-bond donors (Lipinski definition) is 2. The van der Waals surface area contributed by atoms with Crippen LogP contribution < -0.4 is 10.6 Å². The summed E-state index contributed by atoms with van der Waals surface area (Å²) in [6, 6.07) is 5.58. The number of carbonyl (C=O) groups excluding carboxylic acids is 2. The van der Waals surface area contributed by atoms with Crippen LogP contribution in [0.2, 0.25) is 0 Å². The molecule has 0 aliphatic heterocycles. The fraction of sp³-hybridized carbons (Fsp3) is 0.333. The highest BCUT2D eigenvalue weighted by Gasteiger charge is 2.26. The number of pyridine rings is 1. The monoisotopic (exact) mass is 407 g/mol. The van der Waals surface area contributed by atoms with E-state index >= 15 is 0 Å². The quantitative estimate of drug-likeness (QED) is 0.534. The molecule has 0 saturated heterocycles. The second kappa shape index (κ2) is 9.98. The number of anilines is 1. The van der Waals surface area contributed by atoms with Crippen LogP contribution in [0.5, 0.6) is 0 Å². The van der Waals surface area contributed by atoms with Crippen LogP contribution in [0.3, 0.4) is 0 Å². The summed E-state index contributed by atoms with van der Waals surface area (Å²) in [7, 11) is 0. The Hall–Kier alpha value is -2.52. The molecule has 0 bridgehead atoms. The van der Waals surface area contributed by atoms with Crippen LogP contribution in [0, 0.1) is 6.92 Å². The van der Waals surface area contributed by atoms with Crippen LogP contribution in [0.1, 0.15) is 45.1 Å². The van der Waals surface area contributed by atoms with E-state index in [0.29, 0.717) is 27.1 Å². The number of nitrogens with zero attached hydrogens (tertiary/aromatic N) is 1. The molecule has 144 valence electrons. The molecule has 0 atom stereocenters. The minimum Gasteiger partial charge on any atom is -0.462 e. The lowest BCUT2D eigenvalue weighted by Crippen LogP contribution is -2.28. The van der Waals surface area contributed by atoms with E-state index in [1.54, 1.807) is 27.0 Å². The molecular weight excluding hydrogens is 386 g/mol. The maximum absolute atomic E-state index is 12.4. The molecular formula is C18H21N3O4S2. The van der Waals surface area contributed by atoms with Crippen molar-refractivity contribution in [3.05, 3.63) is 46.1 Å². The SMILES string of the molecule is CCOC(=O)c1sc(NC(=S)NCc2ccccn2)c(C(=O)OCC)c1C. The second-order valence-electron chi connectivity index (χ2n) is 5.33. The van der Waals surface area contributed by atoms with Gasteiger partial charge in [-0.3, -0.25) is 4.98 Å². The standard InChI is InChI=1S/C18H21N3O4S2/c1-4-24-16(22)13-11(3)14(17(23)25-5-2)27-15(13)21-18(26)20-10-12-8-6-7-9-19-12/h6-9H,4-5,10H2,1-3H3,(H2,20,21,26). The minimum absolute atomic E-state index is 0.227. The molecule has 0 unspecified atom stereocenters. The van der Waals surface area contributed by atoms with E-state index < -0.39 is 11.9 Å². The molecule has 2 aromatic heterocycles. The fourth-order valence-corrected chi connectivity index (χ4v) is 3.59. The molecule has 27 heavy (non-hydrogen) atoms. The Labute approximate surface area is 167 Å². The minimum atomic E-state index is -0.517. The Morgan fingerprint density at radius 1 is 1.19 bits per heavy atom. The van der Waals surface area contributed by atoms with E-state index in [2.05, 4.69) is 15.6 Å². The molecule has 7 nitrogen and oxygen atoms in total. The van der Waals surface area contributed by atoms with Crippen molar-refractivity contribution in [1.82, 2.24) is 10.3 Å². The molecule has 0 aliphatic carbocycles. The van der Waals surface area contributed by atoms with Gasteiger partial charge in [0.25, 0.3) is 0 Å². The largest absolute Gasteiger partial charge is 0.462 e. The Bertz CT molecular complexity index is 822. The van der Waals surface area contributed by atoms with Crippen LogP contribution >= 0.6 is 23.6 Å². The zero-order valence-corrected chi connectivity index (χ0v) is 17.0. The molecule has 2 N–H and O–H groups in total. The molecule has 2 rings (SSSR count). The lowest BCUT2D eigenvalue weighted by molar-refractivity contribution is 0.0527. The van der Waals surface area contributed by atoms with Crippen molar-refractivity contribution < 1.29 is 19.1 Å². The number of ether oxygens (including phenoxy) is 2. The van der Waals surface area contributed by atoms with Crippen molar-refractivity contribution in [2.45, 2.75) is 27.3 Å². The number of carbonyl (C=O) groups is 2. The van der Waals surface area contributed by atoms with Crippen LogP contribution in [0.25, 0.3) is 0 Å². The Morgan fingerprint density at radius 3 is 2.52 bits per heavy atom. The number of thiocarbonyl (C=S) groups is 1. The predicted molar refractivity (Wildman–Crippen MR) is 108 cm³/mol. The van der Waals surface area contributed by atoms with Crippen molar-refractivity contribution >= 4 is 45.6 Å². The highest BCUT2D eigenvalue weighted by molar-refractivity contribution is 7.80. The summed E-state index contributed by atoms with van der Waals surface area (Å²) < 4.78 is 10.2. The molecule has 2 heterocycles. The van der Waals surface area contributed by atoms with Gasteiger partial charge in [0.1, 0.15) is 9.88 Å². The molecule has 0 aliphatic rings. The maximum Gasteiger partial charge on any atom is 0.348 e. The third-order valence-corrected chi connectivity index (χ3v) is 4.90. The van der Waals surface area contributed by atoms with Crippen molar-refractivity contribution in [3.8, 4) is 0 Å².